The Labute approximate surface area is 125 Å². The quantitative estimate of drug-likeness (QED) is 0.896. The smallest absolute Gasteiger partial charge is 0.327 e. The van der Waals surface area contributed by atoms with Gasteiger partial charge in [0.15, 0.2) is 0 Å². The van der Waals surface area contributed by atoms with Crippen molar-refractivity contribution in [3.05, 3.63) is 47.5 Å². The maximum atomic E-state index is 12.4. The summed E-state index contributed by atoms with van der Waals surface area (Å²) in [6, 6.07) is 9.74. The monoisotopic (exact) mass is 299 g/mol. The fourth-order valence-corrected chi connectivity index (χ4v) is 2.78. The largest absolute Gasteiger partial charge is 0.481 e. The van der Waals surface area contributed by atoms with Crippen LogP contribution in [0.1, 0.15) is 22.3 Å². The summed E-state index contributed by atoms with van der Waals surface area (Å²) in [5.74, 6) is -3.00. The molecule has 0 aliphatic carbocycles. The van der Waals surface area contributed by atoms with Crippen LogP contribution in [0.25, 0.3) is 10.8 Å². The molecule has 0 saturated carbocycles. The Bertz CT molecular complexity index is 798. The summed E-state index contributed by atoms with van der Waals surface area (Å²) in [5.41, 5.74) is 1.16. The number of hydrogen-bond donors (Lipinski definition) is 2. The summed E-state index contributed by atoms with van der Waals surface area (Å²) in [6.07, 6.45) is -0.616. The number of aliphatic carboxylic acids is 2. The third-order valence-electron chi connectivity index (χ3n) is 3.83. The fraction of sp³-hybridized carbons (Fsp3) is 0.188. The van der Waals surface area contributed by atoms with Gasteiger partial charge in [-0.2, -0.15) is 0 Å². The summed E-state index contributed by atoms with van der Waals surface area (Å²) in [6.45, 7) is 0.114. The van der Waals surface area contributed by atoms with E-state index in [1.807, 2.05) is 30.3 Å². The average Bonchev–Trinajstić information content (AvgIpc) is 2.78. The Morgan fingerprint density at radius 1 is 1.14 bits per heavy atom. The van der Waals surface area contributed by atoms with Crippen LogP contribution in [0.5, 0.6) is 0 Å². The van der Waals surface area contributed by atoms with Crippen LogP contribution in [0.3, 0.4) is 0 Å². The van der Waals surface area contributed by atoms with Crippen LogP contribution in [-0.4, -0.2) is 39.0 Å². The van der Waals surface area contributed by atoms with Crippen LogP contribution in [0.2, 0.25) is 0 Å². The van der Waals surface area contributed by atoms with Gasteiger partial charge in [0.05, 0.1) is 6.42 Å². The van der Waals surface area contributed by atoms with Gasteiger partial charge in [0.25, 0.3) is 5.91 Å². The van der Waals surface area contributed by atoms with Crippen molar-refractivity contribution in [1.82, 2.24) is 4.90 Å². The highest BCUT2D eigenvalue weighted by molar-refractivity contribution is 6.04. The van der Waals surface area contributed by atoms with E-state index in [2.05, 4.69) is 0 Å². The summed E-state index contributed by atoms with van der Waals surface area (Å²) in [5, 5.41) is 19.9. The van der Waals surface area contributed by atoms with Gasteiger partial charge in [-0.05, 0) is 28.5 Å². The predicted molar refractivity (Wildman–Crippen MR) is 77.5 cm³/mol. The van der Waals surface area contributed by atoms with Crippen molar-refractivity contribution in [3.8, 4) is 0 Å². The summed E-state index contributed by atoms with van der Waals surface area (Å²) in [4.78, 5) is 35.7. The number of carboxylic acid groups (broad SMARTS) is 2. The SMILES string of the molecule is O=C(O)CC(C(=O)O)N1Cc2cc3ccccc3cc2C1=O. The second kappa shape index (κ2) is 5.14. The van der Waals surface area contributed by atoms with Gasteiger partial charge in [0.1, 0.15) is 6.04 Å². The van der Waals surface area contributed by atoms with E-state index in [4.69, 9.17) is 5.11 Å². The number of amides is 1. The molecule has 0 bridgehead atoms. The lowest BCUT2D eigenvalue weighted by Crippen LogP contribution is -2.42. The maximum absolute atomic E-state index is 12.4. The van der Waals surface area contributed by atoms with Crippen LogP contribution < -0.4 is 0 Å². The van der Waals surface area contributed by atoms with Crippen molar-refractivity contribution in [1.29, 1.82) is 0 Å². The van der Waals surface area contributed by atoms with Crippen LogP contribution in [0, 0.1) is 0 Å². The average molecular weight is 299 g/mol. The summed E-state index contributed by atoms with van der Waals surface area (Å²) in [7, 11) is 0. The number of rotatable bonds is 4. The molecule has 1 aliphatic heterocycles. The van der Waals surface area contributed by atoms with Crippen LogP contribution in [0.4, 0.5) is 0 Å². The molecule has 2 aromatic carbocycles. The number of carbonyl (C=O) groups excluding carboxylic acids is 1. The van der Waals surface area contributed by atoms with E-state index in [1.165, 1.54) is 0 Å². The second-order valence-corrected chi connectivity index (χ2v) is 5.24. The highest BCUT2D eigenvalue weighted by Crippen LogP contribution is 2.29. The number of nitrogens with zero attached hydrogens (tertiary/aromatic N) is 1. The first-order valence-electron chi connectivity index (χ1n) is 6.74. The molecule has 1 atom stereocenters. The van der Waals surface area contributed by atoms with E-state index in [0.717, 1.165) is 21.2 Å². The minimum atomic E-state index is -1.36. The van der Waals surface area contributed by atoms with Crippen molar-refractivity contribution in [3.63, 3.8) is 0 Å². The Morgan fingerprint density at radius 3 is 2.36 bits per heavy atom. The number of carbonyl (C=O) groups is 3. The molecule has 6 nitrogen and oxygen atoms in total. The standard InChI is InChI=1S/C16H13NO5/c18-14(19)7-13(16(21)22)17-8-11-5-9-3-1-2-4-10(9)6-12(11)15(17)20/h1-6,13H,7-8H2,(H,18,19)(H,21,22). The van der Waals surface area contributed by atoms with Crippen molar-refractivity contribution in [2.75, 3.05) is 0 Å². The molecule has 6 heteroatoms. The Balaban J connectivity index is 2.01. The zero-order valence-electron chi connectivity index (χ0n) is 11.5. The Hall–Kier alpha value is -2.89. The van der Waals surface area contributed by atoms with E-state index in [1.54, 1.807) is 6.07 Å². The van der Waals surface area contributed by atoms with Crippen molar-refractivity contribution in [2.24, 2.45) is 0 Å². The van der Waals surface area contributed by atoms with E-state index in [9.17, 15) is 19.5 Å². The van der Waals surface area contributed by atoms with Crippen molar-refractivity contribution >= 4 is 28.6 Å². The molecule has 1 amide bonds. The minimum Gasteiger partial charge on any atom is -0.481 e. The molecule has 1 aliphatic rings. The first-order valence-corrected chi connectivity index (χ1v) is 6.74. The van der Waals surface area contributed by atoms with Gasteiger partial charge in [-0.25, -0.2) is 4.79 Å². The van der Waals surface area contributed by atoms with E-state index in [-0.39, 0.29) is 6.54 Å². The lowest BCUT2D eigenvalue weighted by Gasteiger charge is -2.22. The summed E-state index contributed by atoms with van der Waals surface area (Å²) >= 11 is 0. The molecule has 2 N–H and O–H groups in total. The molecule has 22 heavy (non-hydrogen) atoms. The maximum Gasteiger partial charge on any atom is 0.327 e. The van der Waals surface area contributed by atoms with Gasteiger partial charge >= 0.3 is 11.9 Å². The first kappa shape index (κ1) is 14.1. The Kier molecular flexibility index (Phi) is 3.29. The second-order valence-electron chi connectivity index (χ2n) is 5.24. The van der Waals surface area contributed by atoms with Gasteiger partial charge in [-0.15, -0.1) is 0 Å². The zero-order chi connectivity index (χ0) is 15.9. The molecular formula is C16H13NO5. The third kappa shape index (κ3) is 2.28. The molecule has 112 valence electrons. The van der Waals surface area contributed by atoms with Gasteiger partial charge < -0.3 is 15.1 Å². The first-order chi connectivity index (χ1) is 10.5. The molecule has 0 aromatic heterocycles. The molecule has 0 saturated heterocycles. The van der Waals surface area contributed by atoms with Crippen LogP contribution in [0.15, 0.2) is 36.4 Å². The van der Waals surface area contributed by atoms with Gasteiger partial charge in [-0.1, -0.05) is 24.3 Å². The highest BCUT2D eigenvalue weighted by atomic mass is 16.4. The number of fused-ring (bicyclic) bond motifs is 2. The van der Waals surface area contributed by atoms with Crippen LogP contribution in [-0.2, 0) is 16.1 Å². The molecule has 1 unspecified atom stereocenters. The zero-order valence-corrected chi connectivity index (χ0v) is 11.5. The van der Waals surface area contributed by atoms with Crippen molar-refractivity contribution < 1.29 is 24.6 Å². The van der Waals surface area contributed by atoms with E-state index in [0.29, 0.717) is 5.56 Å². The minimum absolute atomic E-state index is 0.114. The van der Waals surface area contributed by atoms with E-state index < -0.39 is 30.3 Å². The summed E-state index contributed by atoms with van der Waals surface area (Å²) < 4.78 is 0. The van der Waals surface area contributed by atoms with Gasteiger partial charge in [-0.3, -0.25) is 9.59 Å². The van der Waals surface area contributed by atoms with Gasteiger partial charge in [0, 0.05) is 12.1 Å². The highest BCUT2D eigenvalue weighted by Gasteiger charge is 2.37. The number of carboxylic acids is 2. The molecule has 3 rings (SSSR count). The lowest BCUT2D eigenvalue weighted by molar-refractivity contribution is -0.148. The normalized spacial score (nSPS) is 14.9. The molecule has 0 fully saturated rings. The fourth-order valence-electron chi connectivity index (χ4n) is 2.78. The van der Waals surface area contributed by atoms with Crippen molar-refractivity contribution in [2.45, 2.75) is 19.0 Å². The Morgan fingerprint density at radius 2 is 1.77 bits per heavy atom. The topological polar surface area (TPSA) is 94.9 Å². The van der Waals surface area contributed by atoms with Crippen LogP contribution >= 0.6 is 0 Å². The molecule has 1 heterocycles. The third-order valence-corrected chi connectivity index (χ3v) is 3.83. The number of hydrogen-bond acceptors (Lipinski definition) is 3. The molecule has 0 spiro atoms. The predicted octanol–water partition coefficient (Wildman–Crippen LogP) is 1.72. The lowest BCUT2D eigenvalue weighted by atomic mass is 10.0. The molecular weight excluding hydrogens is 286 g/mol. The van der Waals surface area contributed by atoms with Gasteiger partial charge in [0.2, 0.25) is 0 Å². The molecule has 2 aromatic rings. The van der Waals surface area contributed by atoms with E-state index >= 15 is 0 Å². The number of benzene rings is 2. The molecule has 0 radical (unpaired) electrons.